The fourth-order valence-corrected chi connectivity index (χ4v) is 3.38. The topological polar surface area (TPSA) is 40.5 Å². The van der Waals surface area contributed by atoms with Gasteiger partial charge in [-0.25, -0.2) is 0 Å². The van der Waals surface area contributed by atoms with Gasteiger partial charge in [-0.3, -0.25) is 4.79 Å². The Labute approximate surface area is 111 Å². The third kappa shape index (κ3) is 1.15. The zero-order chi connectivity index (χ0) is 13.2. The normalized spacial score (nSPS) is 23.2. The molecule has 4 rings (SSSR count). The maximum absolute atomic E-state index is 12.6. The van der Waals surface area contributed by atoms with Crippen molar-refractivity contribution in [1.82, 2.24) is 0 Å². The van der Waals surface area contributed by atoms with Crippen LogP contribution in [0.2, 0.25) is 0 Å². The maximum atomic E-state index is 12.6. The first kappa shape index (κ1) is 10.6. The van der Waals surface area contributed by atoms with Crippen LogP contribution in [-0.4, -0.2) is 16.4 Å². The average Bonchev–Trinajstić information content (AvgIpc) is 2.80. The summed E-state index contributed by atoms with van der Waals surface area (Å²) in [5.74, 6) is 0.419. The summed E-state index contributed by atoms with van der Waals surface area (Å²) >= 11 is 0. The smallest absolute Gasteiger partial charge is 0.190 e. The molecule has 1 atom stereocenters. The molecule has 1 unspecified atom stereocenters. The molecule has 0 bridgehead atoms. The second kappa shape index (κ2) is 3.18. The molecular weight excluding hydrogens is 238 g/mol. The zero-order valence-electron chi connectivity index (χ0n) is 10.6. The molecule has 0 saturated carbocycles. The van der Waals surface area contributed by atoms with Crippen molar-refractivity contribution in [2.24, 2.45) is 0 Å². The minimum Gasteiger partial charge on any atom is -0.508 e. The lowest BCUT2D eigenvalue weighted by molar-refractivity contribution is 0.0923. The van der Waals surface area contributed by atoms with Crippen LogP contribution in [0.3, 0.4) is 0 Å². The number of fused-ring (bicyclic) bond motifs is 5. The van der Waals surface area contributed by atoms with Gasteiger partial charge in [-0.05, 0) is 42.8 Å². The molecule has 3 nitrogen and oxygen atoms in total. The number of rotatable bonds is 0. The predicted octanol–water partition coefficient (Wildman–Crippen LogP) is 3.04. The summed E-state index contributed by atoms with van der Waals surface area (Å²) in [6.07, 6.45) is 0.643. The summed E-state index contributed by atoms with van der Waals surface area (Å²) < 4.78 is 0. The summed E-state index contributed by atoms with van der Waals surface area (Å²) in [6, 6.07) is 13.1. The molecule has 0 radical (unpaired) electrons. The van der Waals surface area contributed by atoms with Crippen molar-refractivity contribution in [2.45, 2.75) is 18.9 Å². The van der Waals surface area contributed by atoms with E-state index in [1.54, 1.807) is 12.1 Å². The van der Waals surface area contributed by atoms with Crippen molar-refractivity contribution >= 4 is 17.2 Å². The minimum absolute atomic E-state index is 0.166. The van der Waals surface area contributed by atoms with Crippen molar-refractivity contribution < 1.29 is 9.90 Å². The number of Topliss-reactive ketones (excluding diaryl/α,β-unsaturated/α-hetero) is 1. The molecule has 94 valence electrons. The number of phenols is 1. The number of benzene rings is 2. The van der Waals surface area contributed by atoms with Crippen molar-refractivity contribution in [3.05, 3.63) is 53.6 Å². The molecule has 0 fully saturated rings. The van der Waals surface area contributed by atoms with Crippen LogP contribution in [0.1, 0.15) is 22.8 Å². The van der Waals surface area contributed by atoms with Gasteiger partial charge in [0.05, 0.1) is 5.69 Å². The van der Waals surface area contributed by atoms with Gasteiger partial charge in [-0.15, -0.1) is 0 Å². The third-order valence-electron chi connectivity index (χ3n) is 4.21. The molecule has 0 saturated heterocycles. The van der Waals surface area contributed by atoms with Crippen molar-refractivity contribution in [3.63, 3.8) is 0 Å². The van der Waals surface area contributed by atoms with Crippen LogP contribution in [0.4, 0.5) is 11.4 Å². The third-order valence-corrected chi connectivity index (χ3v) is 4.21. The monoisotopic (exact) mass is 251 g/mol. The zero-order valence-corrected chi connectivity index (χ0v) is 10.6. The van der Waals surface area contributed by atoms with Crippen LogP contribution in [0.25, 0.3) is 0 Å². The highest BCUT2D eigenvalue weighted by atomic mass is 16.3. The SMILES string of the molecule is CC12Cc3cc(O)ccc3N1c1ccccc1C2=O. The summed E-state index contributed by atoms with van der Waals surface area (Å²) in [5.41, 5.74) is 3.28. The molecular formula is C16H13NO2. The molecule has 0 amide bonds. The Morgan fingerprint density at radius 2 is 1.95 bits per heavy atom. The van der Waals surface area contributed by atoms with Gasteiger partial charge in [-0.1, -0.05) is 12.1 Å². The highest BCUT2D eigenvalue weighted by Crippen LogP contribution is 2.51. The average molecular weight is 251 g/mol. The standard InChI is InChI=1S/C16H13NO2/c1-16-9-10-8-11(18)6-7-13(10)17(16)14-5-3-2-4-12(14)15(16)19/h2-8,18H,9H2,1H3. The van der Waals surface area contributed by atoms with E-state index in [-0.39, 0.29) is 11.5 Å². The van der Waals surface area contributed by atoms with Crippen LogP contribution >= 0.6 is 0 Å². The Bertz CT molecular complexity index is 722. The number of carbonyl (C=O) groups excluding carboxylic acids is 1. The second-order valence-electron chi connectivity index (χ2n) is 5.45. The lowest BCUT2D eigenvalue weighted by Gasteiger charge is -2.28. The Kier molecular flexibility index (Phi) is 1.78. The van der Waals surface area contributed by atoms with Crippen LogP contribution in [0, 0.1) is 0 Å². The highest BCUT2D eigenvalue weighted by Gasteiger charge is 2.52. The lowest BCUT2D eigenvalue weighted by atomic mass is 9.91. The van der Waals surface area contributed by atoms with E-state index < -0.39 is 5.54 Å². The number of aromatic hydroxyl groups is 1. The molecule has 19 heavy (non-hydrogen) atoms. The van der Waals surface area contributed by atoms with Crippen LogP contribution in [0.5, 0.6) is 5.75 Å². The van der Waals surface area contributed by atoms with E-state index in [2.05, 4.69) is 4.90 Å². The largest absolute Gasteiger partial charge is 0.508 e. The Morgan fingerprint density at radius 3 is 2.79 bits per heavy atom. The maximum Gasteiger partial charge on any atom is 0.190 e. The van der Waals surface area contributed by atoms with Gasteiger partial charge in [0.15, 0.2) is 5.78 Å². The molecule has 2 aliphatic heterocycles. The van der Waals surface area contributed by atoms with Gasteiger partial charge >= 0.3 is 0 Å². The summed E-state index contributed by atoms with van der Waals surface area (Å²) in [4.78, 5) is 14.8. The van der Waals surface area contributed by atoms with E-state index in [9.17, 15) is 9.90 Å². The van der Waals surface area contributed by atoms with Crippen molar-refractivity contribution in [2.75, 3.05) is 4.90 Å². The summed E-state index contributed by atoms with van der Waals surface area (Å²) in [7, 11) is 0. The van der Waals surface area contributed by atoms with Crippen LogP contribution in [-0.2, 0) is 6.42 Å². The summed E-state index contributed by atoms with van der Waals surface area (Å²) in [6.45, 7) is 1.98. The Balaban J connectivity index is 2.01. The van der Waals surface area contributed by atoms with E-state index in [0.717, 1.165) is 22.5 Å². The van der Waals surface area contributed by atoms with E-state index in [4.69, 9.17) is 0 Å². The quantitative estimate of drug-likeness (QED) is 0.782. The van der Waals surface area contributed by atoms with Crippen LogP contribution in [0.15, 0.2) is 42.5 Å². The number of hydrogen-bond donors (Lipinski definition) is 1. The molecule has 0 spiro atoms. The number of ketones is 1. The lowest BCUT2D eigenvalue weighted by Crippen LogP contribution is -2.42. The molecule has 2 aromatic carbocycles. The van der Waals surface area contributed by atoms with Gasteiger partial charge in [0.2, 0.25) is 0 Å². The number of para-hydroxylation sites is 1. The molecule has 0 aliphatic carbocycles. The van der Waals surface area contributed by atoms with Gasteiger partial charge in [0, 0.05) is 17.7 Å². The van der Waals surface area contributed by atoms with E-state index >= 15 is 0 Å². The second-order valence-corrected chi connectivity index (χ2v) is 5.45. The van der Waals surface area contributed by atoms with Gasteiger partial charge in [0.25, 0.3) is 0 Å². The minimum atomic E-state index is -0.542. The molecule has 2 aromatic rings. The number of anilines is 2. The van der Waals surface area contributed by atoms with E-state index in [0.29, 0.717) is 6.42 Å². The van der Waals surface area contributed by atoms with Crippen molar-refractivity contribution in [3.8, 4) is 5.75 Å². The number of nitrogens with zero attached hydrogens (tertiary/aromatic N) is 1. The molecule has 1 N–H and O–H groups in total. The van der Waals surface area contributed by atoms with E-state index in [1.165, 1.54) is 0 Å². The fraction of sp³-hybridized carbons (Fsp3) is 0.188. The number of carbonyl (C=O) groups is 1. The summed E-state index contributed by atoms with van der Waals surface area (Å²) in [5, 5.41) is 9.60. The molecule has 2 heterocycles. The fourth-order valence-electron chi connectivity index (χ4n) is 3.38. The first-order chi connectivity index (χ1) is 9.11. The number of hydrogen-bond acceptors (Lipinski definition) is 3. The Hall–Kier alpha value is -2.29. The first-order valence-corrected chi connectivity index (χ1v) is 6.37. The number of phenolic OH excluding ortho intramolecular Hbond substituents is 1. The molecule has 0 aromatic heterocycles. The molecule has 2 aliphatic rings. The van der Waals surface area contributed by atoms with Crippen molar-refractivity contribution in [1.29, 1.82) is 0 Å². The van der Waals surface area contributed by atoms with Gasteiger partial charge in [-0.2, -0.15) is 0 Å². The van der Waals surface area contributed by atoms with Gasteiger partial charge < -0.3 is 10.0 Å². The van der Waals surface area contributed by atoms with E-state index in [1.807, 2.05) is 37.3 Å². The predicted molar refractivity (Wildman–Crippen MR) is 73.1 cm³/mol. The van der Waals surface area contributed by atoms with Crippen LogP contribution < -0.4 is 4.90 Å². The first-order valence-electron chi connectivity index (χ1n) is 6.37. The van der Waals surface area contributed by atoms with Gasteiger partial charge in [0.1, 0.15) is 11.3 Å². The Morgan fingerprint density at radius 1 is 1.16 bits per heavy atom. The molecule has 3 heteroatoms. The highest BCUT2D eigenvalue weighted by molar-refractivity contribution is 6.17.